The first-order valence-corrected chi connectivity index (χ1v) is 7.52. The molecule has 0 saturated carbocycles. The van der Waals surface area contributed by atoms with Crippen molar-refractivity contribution in [1.29, 1.82) is 0 Å². The predicted molar refractivity (Wildman–Crippen MR) is 81.2 cm³/mol. The molecule has 0 spiro atoms. The van der Waals surface area contributed by atoms with E-state index >= 15 is 0 Å². The maximum Gasteiger partial charge on any atom is 0.387 e. The molecule has 0 atom stereocenters. The van der Waals surface area contributed by atoms with E-state index in [1.165, 1.54) is 0 Å². The third kappa shape index (κ3) is 4.71. The summed E-state index contributed by atoms with van der Waals surface area (Å²) in [6.07, 6.45) is 1.61. The van der Waals surface area contributed by atoms with Gasteiger partial charge < -0.3 is 19.2 Å². The van der Waals surface area contributed by atoms with Crippen LogP contribution in [0.2, 0.25) is 0 Å². The number of nitrogens with one attached hydrogen (secondary N) is 1. The molecule has 0 radical (unpaired) electrons. The first-order valence-electron chi connectivity index (χ1n) is 6.73. The van der Waals surface area contributed by atoms with Gasteiger partial charge in [-0.1, -0.05) is 0 Å². The number of halogens is 3. The second-order valence-corrected chi connectivity index (χ2v) is 5.25. The van der Waals surface area contributed by atoms with Crippen molar-refractivity contribution >= 4 is 15.9 Å². The molecule has 0 bridgehead atoms. The smallest absolute Gasteiger partial charge is 0.387 e. The Morgan fingerprint density at radius 3 is 2.77 bits per heavy atom. The Bertz CT molecular complexity index is 591. The average molecular weight is 376 g/mol. The molecule has 0 fully saturated rings. The first-order chi connectivity index (χ1) is 10.6. The Kier molecular flexibility index (Phi) is 6.21. The normalized spacial score (nSPS) is 11.0. The minimum Gasteiger partial charge on any atom is -0.490 e. The molecule has 0 saturated heterocycles. The molecule has 1 aromatic carbocycles. The van der Waals surface area contributed by atoms with Gasteiger partial charge in [0.1, 0.15) is 5.76 Å². The van der Waals surface area contributed by atoms with E-state index in [0.29, 0.717) is 24.2 Å². The topological polar surface area (TPSA) is 43.6 Å². The minimum atomic E-state index is -2.90. The molecule has 2 aromatic rings. The van der Waals surface area contributed by atoms with E-state index in [0.717, 1.165) is 11.3 Å². The van der Waals surface area contributed by atoms with Crippen molar-refractivity contribution in [3.8, 4) is 11.5 Å². The summed E-state index contributed by atoms with van der Waals surface area (Å²) in [6, 6.07) is 7.09. The molecule has 120 valence electrons. The summed E-state index contributed by atoms with van der Waals surface area (Å²) in [5.41, 5.74) is 0.878. The number of hydrogen-bond acceptors (Lipinski definition) is 4. The Balaban J connectivity index is 2.07. The lowest BCUT2D eigenvalue weighted by Gasteiger charge is -2.15. The Labute approximate surface area is 135 Å². The van der Waals surface area contributed by atoms with Gasteiger partial charge in [0.15, 0.2) is 11.5 Å². The number of ether oxygens (including phenoxy) is 2. The van der Waals surface area contributed by atoms with Gasteiger partial charge in [0.25, 0.3) is 0 Å². The molecular weight excluding hydrogens is 360 g/mol. The zero-order valence-electron chi connectivity index (χ0n) is 11.9. The van der Waals surface area contributed by atoms with Crippen LogP contribution in [0.25, 0.3) is 0 Å². The van der Waals surface area contributed by atoms with Crippen molar-refractivity contribution in [3.63, 3.8) is 0 Å². The number of furan rings is 1. The van der Waals surface area contributed by atoms with Crippen LogP contribution in [0, 0.1) is 0 Å². The highest BCUT2D eigenvalue weighted by molar-refractivity contribution is 9.10. The first kappa shape index (κ1) is 16.8. The van der Waals surface area contributed by atoms with E-state index < -0.39 is 6.61 Å². The standard InChI is InChI=1S/C15H16BrF2NO3/c1-2-20-13-7-10(6-12(16)14(13)22-15(17)18)8-19-9-11-4-3-5-21-11/h3-7,15,19H,2,8-9H2,1H3. The summed E-state index contributed by atoms with van der Waals surface area (Å²) in [6.45, 7) is 0.341. The van der Waals surface area contributed by atoms with Crippen LogP contribution in [-0.2, 0) is 13.1 Å². The summed E-state index contributed by atoms with van der Waals surface area (Å²) in [5, 5.41) is 3.20. The highest BCUT2D eigenvalue weighted by Gasteiger charge is 2.16. The van der Waals surface area contributed by atoms with E-state index in [2.05, 4.69) is 26.0 Å². The van der Waals surface area contributed by atoms with Crippen molar-refractivity contribution in [3.05, 3.63) is 46.3 Å². The van der Waals surface area contributed by atoms with E-state index in [9.17, 15) is 8.78 Å². The van der Waals surface area contributed by atoms with Gasteiger partial charge in [-0.05, 0) is 52.7 Å². The summed E-state index contributed by atoms with van der Waals surface area (Å²) in [7, 11) is 0. The molecule has 1 heterocycles. The van der Waals surface area contributed by atoms with E-state index in [4.69, 9.17) is 9.15 Å². The van der Waals surface area contributed by atoms with Gasteiger partial charge in [-0.2, -0.15) is 8.78 Å². The van der Waals surface area contributed by atoms with Crippen LogP contribution in [0.3, 0.4) is 0 Å². The highest BCUT2D eigenvalue weighted by atomic mass is 79.9. The van der Waals surface area contributed by atoms with Crippen LogP contribution in [0.4, 0.5) is 8.78 Å². The molecule has 0 unspecified atom stereocenters. The van der Waals surface area contributed by atoms with Gasteiger partial charge in [-0.25, -0.2) is 0 Å². The number of hydrogen-bond donors (Lipinski definition) is 1. The Morgan fingerprint density at radius 1 is 1.32 bits per heavy atom. The molecule has 2 rings (SSSR count). The Hall–Kier alpha value is -1.60. The van der Waals surface area contributed by atoms with Gasteiger partial charge in [0.05, 0.1) is 23.9 Å². The molecule has 0 aliphatic rings. The third-order valence-corrected chi connectivity index (χ3v) is 3.37. The number of alkyl halides is 2. The number of benzene rings is 1. The summed E-state index contributed by atoms with van der Waals surface area (Å²) in [5.74, 6) is 1.11. The maximum atomic E-state index is 12.5. The van der Waals surface area contributed by atoms with Crippen molar-refractivity contribution < 1.29 is 22.7 Å². The molecule has 7 heteroatoms. The van der Waals surface area contributed by atoms with Crippen LogP contribution in [-0.4, -0.2) is 13.2 Å². The van der Waals surface area contributed by atoms with Gasteiger partial charge in [0.2, 0.25) is 0 Å². The van der Waals surface area contributed by atoms with E-state index in [-0.39, 0.29) is 11.5 Å². The average Bonchev–Trinajstić information content (AvgIpc) is 2.96. The fourth-order valence-corrected chi connectivity index (χ4v) is 2.52. The molecular formula is C15H16BrF2NO3. The molecule has 1 N–H and O–H groups in total. The van der Waals surface area contributed by atoms with Gasteiger partial charge in [-0.15, -0.1) is 0 Å². The van der Waals surface area contributed by atoms with Crippen LogP contribution in [0.1, 0.15) is 18.2 Å². The SMILES string of the molecule is CCOc1cc(CNCc2ccco2)cc(Br)c1OC(F)F. The maximum absolute atomic E-state index is 12.5. The molecule has 22 heavy (non-hydrogen) atoms. The van der Waals surface area contributed by atoms with Gasteiger partial charge >= 0.3 is 6.61 Å². The quantitative estimate of drug-likeness (QED) is 0.745. The molecule has 0 aliphatic heterocycles. The zero-order chi connectivity index (χ0) is 15.9. The molecule has 0 amide bonds. The summed E-state index contributed by atoms with van der Waals surface area (Å²) >= 11 is 3.24. The highest BCUT2D eigenvalue weighted by Crippen LogP contribution is 2.37. The van der Waals surface area contributed by atoms with Crippen LogP contribution in [0.15, 0.2) is 39.4 Å². The van der Waals surface area contributed by atoms with Gasteiger partial charge in [-0.3, -0.25) is 0 Å². The predicted octanol–water partition coefficient (Wildman–Crippen LogP) is 4.33. The summed E-state index contributed by atoms with van der Waals surface area (Å²) < 4.78 is 40.4. The number of rotatable bonds is 8. The van der Waals surface area contributed by atoms with Crippen LogP contribution >= 0.6 is 15.9 Å². The Morgan fingerprint density at radius 2 is 2.14 bits per heavy atom. The fourth-order valence-electron chi connectivity index (χ4n) is 1.93. The largest absolute Gasteiger partial charge is 0.490 e. The lowest BCUT2D eigenvalue weighted by atomic mass is 10.2. The monoisotopic (exact) mass is 375 g/mol. The second-order valence-electron chi connectivity index (χ2n) is 4.40. The second kappa shape index (κ2) is 8.14. The van der Waals surface area contributed by atoms with Crippen molar-refractivity contribution in [1.82, 2.24) is 5.32 Å². The van der Waals surface area contributed by atoms with Gasteiger partial charge in [0, 0.05) is 6.54 Å². The lowest BCUT2D eigenvalue weighted by Crippen LogP contribution is -2.13. The van der Waals surface area contributed by atoms with Crippen molar-refractivity contribution in [2.45, 2.75) is 26.6 Å². The van der Waals surface area contributed by atoms with E-state index in [1.54, 1.807) is 25.3 Å². The van der Waals surface area contributed by atoms with Crippen LogP contribution in [0.5, 0.6) is 11.5 Å². The van der Waals surface area contributed by atoms with Crippen molar-refractivity contribution in [2.24, 2.45) is 0 Å². The fraction of sp³-hybridized carbons (Fsp3) is 0.333. The minimum absolute atomic E-state index is 0.00614. The third-order valence-electron chi connectivity index (χ3n) is 2.78. The molecule has 0 aliphatic carbocycles. The van der Waals surface area contributed by atoms with Crippen molar-refractivity contribution in [2.75, 3.05) is 6.61 Å². The molecule has 4 nitrogen and oxygen atoms in total. The zero-order valence-corrected chi connectivity index (χ0v) is 13.5. The molecule has 1 aromatic heterocycles. The summed E-state index contributed by atoms with van der Waals surface area (Å²) in [4.78, 5) is 0. The lowest BCUT2D eigenvalue weighted by molar-refractivity contribution is -0.0519. The van der Waals surface area contributed by atoms with E-state index in [1.807, 2.05) is 12.1 Å². The van der Waals surface area contributed by atoms with Crippen LogP contribution < -0.4 is 14.8 Å².